The Hall–Kier alpha value is -2.70. The molecule has 0 bridgehead atoms. The second kappa shape index (κ2) is 7.68. The average Bonchev–Trinajstić information content (AvgIpc) is 2.87. The molecule has 7 heteroatoms. The Labute approximate surface area is 151 Å². The van der Waals surface area contributed by atoms with E-state index in [0.29, 0.717) is 29.6 Å². The molecule has 1 aliphatic heterocycles. The van der Waals surface area contributed by atoms with Gasteiger partial charge in [-0.3, -0.25) is 19.0 Å². The zero-order valence-electron chi connectivity index (χ0n) is 15.2. The molecule has 3 rings (SSSR count). The van der Waals surface area contributed by atoms with Crippen molar-refractivity contribution in [2.75, 3.05) is 6.54 Å². The van der Waals surface area contributed by atoms with Crippen LogP contribution in [0.5, 0.6) is 0 Å². The molecule has 0 saturated heterocycles. The summed E-state index contributed by atoms with van der Waals surface area (Å²) in [6.45, 7) is 4.66. The zero-order chi connectivity index (χ0) is 18.7. The number of rotatable bonds is 4. The van der Waals surface area contributed by atoms with Crippen LogP contribution in [0.4, 0.5) is 0 Å². The van der Waals surface area contributed by atoms with Crippen LogP contribution in [0, 0.1) is 0 Å². The van der Waals surface area contributed by atoms with Crippen LogP contribution in [-0.2, 0) is 17.8 Å². The van der Waals surface area contributed by atoms with E-state index >= 15 is 0 Å². The van der Waals surface area contributed by atoms with Gasteiger partial charge in [-0.2, -0.15) is 0 Å². The molecule has 0 saturated carbocycles. The molecule has 2 N–H and O–H groups in total. The molecule has 0 fully saturated rings. The van der Waals surface area contributed by atoms with Gasteiger partial charge in [0.05, 0.1) is 10.9 Å². The van der Waals surface area contributed by atoms with Crippen molar-refractivity contribution < 1.29 is 9.59 Å². The highest BCUT2D eigenvalue weighted by atomic mass is 16.2. The summed E-state index contributed by atoms with van der Waals surface area (Å²) < 4.78 is 1.76. The second-order valence-electron chi connectivity index (χ2n) is 6.62. The van der Waals surface area contributed by atoms with Gasteiger partial charge in [0, 0.05) is 25.1 Å². The van der Waals surface area contributed by atoms with Gasteiger partial charge < -0.3 is 10.6 Å². The molecule has 1 aliphatic rings. The Morgan fingerprint density at radius 3 is 2.85 bits per heavy atom. The summed E-state index contributed by atoms with van der Waals surface area (Å²) in [4.78, 5) is 41.6. The van der Waals surface area contributed by atoms with E-state index in [-0.39, 0.29) is 17.4 Å². The molecular formula is C19H24N4O3. The van der Waals surface area contributed by atoms with Crippen LogP contribution in [0.2, 0.25) is 0 Å². The molecule has 0 aliphatic carbocycles. The van der Waals surface area contributed by atoms with E-state index < -0.39 is 6.04 Å². The molecule has 1 aromatic heterocycles. The molecule has 26 heavy (non-hydrogen) atoms. The van der Waals surface area contributed by atoms with Gasteiger partial charge in [-0.15, -0.1) is 0 Å². The molecular weight excluding hydrogens is 332 g/mol. The van der Waals surface area contributed by atoms with Crippen molar-refractivity contribution in [2.24, 2.45) is 0 Å². The van der Waals surface area contributed by atoms with Crippen LogP contribution in [0.15, 0.2) is 23.0 Å². The molecule has 7 nitrogen and oxygen atoms in total. The lowest BCUT2D eigenvalue weighted by Gasteiger charge is -2.14. The van der Waals surface area contributed by atoms with Gasteiger partial charge >= 0.3 is 0 Å². The summed E-state index contributed by atoms with van der Waals surface area (Å²) in [7, 11) is 0. The van der Waals surface area contributed by atoms with E-state index in [9.17, 15) is 14.4 Å². The summed E-state index contributed by atoms with van der Waals surface area (Å²) in [5.41, 5.74) is 0.870. The third-order valence-corrected chi connectivity index (χ3v) is 4.67. The second-order valence-corrected chi connectivity index (χ2v) is 6.62. The summed E-state index contributed by atoms with van der Waals surface area (Å²) in [6, 6.07) is 4.25. The Kier molecular flexibility index (Phi) is 5.35. The number of amides is 2. The van der Waals surface area contributed by atoms with E-state index in [1.165, 1.54) is 0 Å². The maximum atomic E-state index is 12.7. The maximum absolute atomic E-state index is 12.7. The van der Waals surface area contributed by atoms with Gasteiger partial charge in [-0.05, 0) is 44.9 Å². The van der Waals surface area contributed by atoms with Crippen molar-refractivity contribution in [3.05, 3.63) is 39.9 Å². The van der Waals surface area contributed by atoms with E-state index in [1.807, 2.05) is 6.92 Å². The molecule has 2 aromatic rings. The monoisotopic (exact) mass is 356 g/mol. The minimum Gasteiger partial charge on any atom is -0.355 e. The molecule has 2 amide bonds. The van der Waals surface area contributed by atoms with E-state index in [0.717, 1.165) is 31.5 Å². The van der Waals surface area contributed by atoms with Gasteiger partial charge in [0.1, 0.15) is 11.9 Å². The maximum Gasteiger partial charge on any atom is 0.261 e. The smallest absolute Gasteiger partial charge is 0.261 e. The predicted molar refractivity (Wildman–Crippen MR) is 99.2 cm³/mol. The van der Waals surface area contributed by atoms with Crippen molar-refractivity contribution in [3.63, 3.8) is 0 Å². The number of hydrogen-bond donors (Lipinski definition) is 2. The number of carbonyl (C=O) groups excluding carboxylic acids is 2. The predicted octanol–water partition coefficient (Wildman–Crippen LogP) is 1.38. The molecule has 2 heterocycles. The first kappa shape index (κ1) is 18.1. The summed E-state index contributed by atoms with van der Waals surface area (Å²) >= 11 is 0. The number of aryl methyl sites for hydroxylation is 1. The van der Waals surface area contributed by atoms with Crippen molar-refractivity contribution in [1.29, 1.82) is 0 Å². The first-order valence-electron chi connectivity index (χ1n) is 9.13. The fourth-order valence-electron chi connectivity index (χ4n) is 3.23. The van der Waals surface area contributed by atoms with Crippen molar-refractivity contribution in [3.8, 4) is 0 Å². The molecule has 1 aromatic carbocycles. The van der Waals surface area contributed by atoms with Crippen LogP contribution in [0.3, 0.4) is 0 Å². The highest BCUT2D eigenvalue weighted by molar-refractivity contribution is 5.99. The van der Waals surface area contributed by atoms with E-state index in [4.69, 9.17) is 0 Å². The number of benzene rings is 1. The Bertz CT molecular complexity index is 904. The fraction of sp³-hybridized carbons (Fsp3) is 0.474. The highest BCUT2D eigenvalue weighted by Crippen LogP contribution is 2.16. The molecule has 0 spiro atoms. The fourth-order valence-corrected chi connectivity index (χ4v) is 3.23. The quantitative estimate of drug-likeness (QED) is 0.865. The molecule has 0 radical (unpaired) electrons. The highest BCUT2D eigenvalue weighted by Gasteiger charge is 2.18. The van der Waals surface area contributed by atoms with Gasteiger partial charge in [-0.25, -0.2) is 4.98 Å². The number of likely N-dealkylation sites (N-methyl/N-ethyl adjacent to an activating group) is 1. The molecule has 138 valence electrons. The van der Waals surface area contributed by atoms with Crippen LogP contribution < -0.4 is 16.2 Å². The lowest BCUT2D eigenvalue weighted by Crippen LogP contribution is -2.44. The van der Waals surface area contributed by atoms with Crippen LogP contribution in [0.25, 0.3) is 10.9 Å². The minimum atomic E-state index is -0.635. The van der Waals surface area contributed by atoms with E-state index in [2.05, 4.69) is 15.6 Å². The third-order valence-electron chi connectivity index (χ3n) is 4.67. The van der Waals surface area contributed by atoms with Crippen molar-refractivity contribution in [2.45, 2.75) is 52.1 Å². The summed E-state index contributed by atoms with van der Waals surface area (Å²) in [6.07, 6.45) is 3.86. The van der Waals surface area contributed by atoms with Crippen LogP contribution in [-0.4, -0.2) is 34.0 Å². The Balaban J connectivity index is 1.90. The van der Waals surface area contributed by atoms with Gasteiger partial charge in [-0.1, -0.05) is 6.42 Å². The summed E-state index contributed by atoms with van der Waals surface area (Å²) in [5.74, 6) is 0.194. The lowest BCUT2D eigenvalue weighted by atomic mass is 10.1. The van der Waals surface area contributed by atoms with Gasteiger partial charge in [0.15, 0.2) is 0 Å². The lowest BCUT2D eigenvalue weighted by molar-refractivity contribution is -0.122. The number of nitrogens with one attached hydrogen (secondary N) is 2. The Morgan fingerprint density at radius 1 is 1.27 bits per heavy atom. The SMILES string of the molecule is CCNC(=O)[C@@H](C)NC(=O)c1ccc2c(=O)n3c(nc2c1)CCCCC3. The number of hydrogen-bond acceptors (Lipinski definition) is 4. The normalized spacial score (nSPS) is 15.0. The molecule has 0 unspecified atom stereocenters. The first-order chi connectivity index (χ1) is 12.5. The number of carbonyl (C=O) groups is 2. The zero-order valence-corrected chi connectivity index (χ0v) is 15.2. The number of nitrogens with zero attached hydrogens (tertiary/aromatic N) is 2. The van der Waals surface area contributed by atoms with Crippen molar-refractivity contribution >= 4 is 22.7 Å². The standard InChI is InChI=1S/C19H24N4O3/c1-3-20-17(24)12(2)21-18(25)13-8-9-14-15(11-13)22-16-7-5-4-6-10-23(16)19(14)26/h8-9,11-12H,3-7,10H2,1-2H3,(H,20,24)(H,21,25)/t12-/m1/s1. The van der Waals surface area contributed by atoms with Crippen LogP contribution >= 0.6 is 0 Å². The van der Waals surface area contributed by atoms with Crippen molar-refractivity contribution in [1.82, 2.24) is 20.2 Å². The third kappa shape index (κ3) is 3.61. The van der Waals surface area contributed by atoms with Crippen LogP contribution in [0.1, 0.15) is 49.3 Å². The van der Waals surface area contributed by atoms with Gasteiger partial charge in [0.25, 0.3) is 11.5 Å². The number of aromatic nitrogens is 2. The summed E-state index contributed by atoms with van der Waals surface area (Å²) in [5, 5.41) is 5.86. The largest absolute Gasteiger partial charge is 0.355 e. The Morgan fingerprint density at radius 2 is 2.08 bits per heavy atom. The van der Waals surface area contributed by atoms with Gasteiger partial charge in [0.2, 0.25) is 5.91 Å². The van der Waals surface area contributed by atoms with E-state index in [1.54, 1.807) is 29.7 Å². The molecule has 1 atom stereocenters. The average molecular weight is 356 g/mol. The first-order valence-corrected chi connectivity index (χ1v) is 9.13. The number of fused-ring (bicyclic) bond motifs is 2. The topological polar surface area (TPSA) is 93.1 Å². The minimum absolute atomic E-state index is 0.0467.